The van der Waals surface area contributed by atoms with E-state index in [1.54, 1.807) is 12.4 Å². The van der Waals surface area contributed by atoms with Crippen LogP contribution in [0.5, 0.6) is 0 Å². The van der Waals surface area contributed by atoms with E-state index < -0.39 is 0 Å². The lowest BCUT2D eigenvalue weighted by atomic mass is 10.0. The predicted octanol–water partition coefficient (Wildman–Crippen LogP) is 2.56. The van der Waals surface area contributed by atoms with Crippen molar-refractivity contribution in [1.29, 1.82) is 0 Å². The van der Waals surface area contributed by atoms with Gasteiger partial charge in [0.1, 0.15) is 5.82 Å². The molecule has 2 aromatic rings. The Morgan fingerprint density at radius 2 is 2.19 bits per heavy atom. The molecule has 82 valence electrons. The molecule has 0 atom stereocenters. The van der Waals surface area contributed by atoms with Crippen molar-refractivity contribution in [3.05, 3.63) is 48.3 Å². The average molecular weight is 213 g/mol. The lowest BCUT2D eigenvalue weighted by Gasteiger charge is -2.10. The number of nitrogens with two attached hydrogens (primary N) is 1. The molecule has 1 heterocycles. The van der Waals surface area contributed by atoms with Crippen LogP contribution in [-0.2, 0) is 6.54 Å². The Balaban J connectivity index is 2.72. The third kappa shape index (κ3) is 1.66. The van der Waals surface area contributed by atoms with Crippen LogP contribution in [0.4, 0.5) is 5.82 Å². The highest BCUT2D eigenvalue weighted by Gasteiger charge is 2.05. The highest BCUT2D eigenvalue weighted by atomic mass is 15.0. The summed E-state index contributed by atoms with van der Waals surface area (Å²) in [5.41, 5.74) is 8.08. The minimum absolute atomic E-state index is 0.564. The molecule has 0 aliphatic rings. The van der Waals surface area contributed by atoms with Crippen LogP contribution in [0.25, 0.3) is 10.8 Å². The maximum absolute atomic E-state index is 5.69. The Hall–Kier alpha value is -1.87. The van der Waals surface area contributed by atoms with Gasteiger partial charge in [-0.05, 0) is 35.7 Å². The number of aromatic nitrogens is 1. The van der Waals surface area contributed by atoms with E-state index in [0.717, 1.165) is 11.2 Å². The largest absolute Gasteiger partial charge is 0.347 e. The van der Waals surface area contributed by atoms with E-state index in [-0.39, 0.29) is 0 Å². The third-order valence-electron chi connectivity index (χ3n) is 2.79. The SMILES string of the molecule is C=CNc1nccc2c(C)c(CN)ccc12. The molecular formula is C13H15N3. The van der Waals surface area contributed by atoms with Gasteiger partial charge in [0.15, 0.2) is 0 Å². The number of anilines is 1. The summed E-state index contributed by atoms with van der Waals surface area (Å²) < 4.78 is 0. The van der Waals surface area contributed by atoms with E-state index in [1.807, 2.05) is 18.2 Å². The minimum Gasteiger partial charge on any atom is -0.347 e. The van der Waals surface area contributed by atoms with Crippen molar-refractivity contribution < 1.29 is 0 Å². The molecule has 0 saturated heterocycles. The molecule has 3 N–H and O–H groups in total. The number of nitrogens with zero attached hydrogens (tertiary/aromatic N) is 1. The highest BCUT2D eigenvalue weighted by molar-refractivity contribution is 5.94. The molecule has 0 fully saturated rings. The number of aryl methyl sites for hydroxylation is 1. The highest BCUT2D eigenvalue weighted by Crippen LogP contribution is 2.26. The lowest BCUT2D eigenvalue weighted by molar-refractivity contribution is 1.06. The number of nitrogens with one attached hydrogen (secondary N) is 1. The summed E-state index contributed by atoms with van der Waals surface area (Å²) >= 11 is 0. The fourth-order valence-electron chi connectivity index (χ4n) is 1.88. The van der Waals surface area contributed by atoms with Gasteiger partial charge in [0.25, 0.3) is 0 Å². The van der Waals surface area contributed by atoms with Crippen molar-refractivity contribution in [3.8, 4) is 0 Å². The van der Waals surface area contributed by atoms with Crippen molar-refractivity contribution in [2.75, 3.05) is 5.32 Å². The van der Waals surface area contributed by atoms with Crippen LogP contribution >= 0.6 is 0 Å². The molecule has 0 bridgehead atoms. The maximum atomic E-state index is 5.69. The number of benzene rings is 1. The standard InChI is InChI=1S/C13H15N3/c1-3-15-13-12-5-4-10(8-14)9(2)11(12)6-7-16-13/h3-7H,1,8,14H2,2H3,(H,15,16). The zero-order valence-electron chi connectivity index (χ0n) is 9.33. The molecule has 0 unspecified atom stereocenters. The molecule has 1 aromatic carbocycles. The number of hydrogen-bond donors (Lipinski definition) is 2. The molecule has 0 aliphatic heterocycles. The summed E-state index contributed by atoms with van der Waals surface area (Å²) in [6, 6.07) is 6.11. The Labute approximate surface area is 95.0 Å². The predicted molar refractivity (Wildman–Crippen MR) is 68.2 cm³/mol. The first-order valence-corrected chi connectivity index (χ1v) is 5.22. The van der Waals surface area contributed by atoms with Gasteiger partial charge in [0.2, 0.25) is 0 Å². The molecule has 0 radical (unpaired) electrons. The van der Waals surface area contributed by atoms with E-state index in [2.05, 4.69) is 23.8 Å². The second-order valence-electron chi connectivity index (χ2n) is 3.66. The van der Waals surface area contributed by atoms with Gasteiger partial charge in [-0.1, -0.05) is 18.7 Å². The molecule has 3 heteroatoms. The molecular weight excluding hydrogens is 198 g/mol. The zero-order valence-corrected chi connectivity index (χ0v) is 9.33. The van der Waals surface area contributed by atoms with Gasteiger partial charge < -0.3 is 11.1 Å². The zero-order chi connectivity index (χ0) is 11.5. The topological polar surface area (TPSA) is 50.9 Å². The second kappa shape index (κ2) is 4.33. The van der Waals surface area contributed by atoms with E-state index in [4.69, 9.17) is 5.73 Å². The van der Waals surface area contributed by atoms with Crippen molar-refractivity contribution in [3.63, 3.8) is 0 Å². The molecule has 0 aliphatic carbocycles. The minimum atomic E-state index is 0.564. The Bertz CT molecular complexity index is 532. The molecule has 3 nitrogen and oxygen atoms in total. The summed E-state index contributed by atoms with van der Waals surface area (Å²) in [6.07, 6.45) is 3.43. The summed E-state index contributed by atoms with van der Waals surface area (Å²) in [7, 11) is 0. The van der Waals surface area contributed by atoms with Crippen LogP contribution in [0.15, 0.2) is 37.2 Å². The smallest absolute Gasteiger partial charge is 0.137 e. The molecule has 2 rings (SSSR count). The fourth-order valence-corrected chi connectivity index (χ4v) is 1.88. The van der Waals surface area contributed by atoms with Crippen molar-refractivity contribution >= 4 is 16.6 Å². The Kier molecular flexibility index (Phi) is 2.88. The molecule has 0 amide bonds. The molecule has 0 spiro atoms. The number of hydrogen-bond acceptors (Lipinski definition) is 3. The van der Waals surface area contributed by atoms with Crippen LogP contribution in [-0.4, -0.2) is 4.98 Å². The Morgan fingerprint density at radius 1 is 1.38 bits per heavy atom. The third-order valence-corrected chi connectivity index (χ3v) is 2.79. The van der Waals surface area contributed by atoms with Crippen molar-refractivity contribution in [2.45, 2.75) is 13.5 Å². The lowest BCUT2D eigenvalue weighted by Crippen LogP contribution is -2.00. The summed E-state index contributed by atoms with van der Waals surface area (Å²) in [5.74, 6) is 0.833. The molecule has 1 aromatic heterocycles. The fraction of sp³-hybridized carbons (Fsp3) is 0.154. The van der Waals surface area contributed by atoms with E-state index in [0.29, 0.717) is 6.54 Å². The van der Waals surface area contributed by atoms with Crippen LogP contribution in [0.1, 0.15) is 11.1 Å². The summed E-state index contributed by atoms with van der Waals surface area (Å²) in [5, 5.41) is 5.31. The van der Waals surface area contributed by atoms with Crippen LogP contribution in [0.3, 0.4) is 0 Å². The normalized spacial score (nSPS) is 10.4. The van der Waals surface area contributed by atoms with E-state index in [1.165, 1.54) is 16.5 Å². The second-order valence-corrected chi connectivity index (χ2v) is 3.66. The maximum Gasteiger partial charge on any atom is 0.137 e. The van der Waals surface area contributed by atoms with E-state index >= 15 is 0 Å². The average Bonchev–Trinajstić information content (AvgIpc) is 2.31. The van der Waals surface area contributed by atoms with Gasteiger partial charge in [0.05, 0.1) is 0 Å². The van der Waals surface area contributed by atoms with Gasteiger partial charge in [-0.15, -0.1) is 0 Å². The summed E-state index contributed by atoms with van der Waals surface area (Å²) in [4.78, 5) is 4.28. The number of rotatable bonds is 3. The molecule has 0 saturated carbocycles. The first kappa shape index (κ1) is 10.6. The quantitative estimate of drug-likeness (QED) is 0.823. The van der Waals surface area contributed by atoms with Crippen LogP contribution in [0, 0.1) is 6.92 Å². The monoisotopic (exact) mass is 213 g/mol. The van der Waals surface area contributed by atoms with Gasteiger partial charge in [-0.3, -0.25) is 0 Å². The van der Waals surface area contributed by atoms with Gasteiger partial charge in [0, 0.05) is 18.1 Å². The number of fused-ring (bicyclic) bond motifs is 1. The first-order valence-electron chi connectivity index (χ1n) is 5.22. The van der Waals surface area contributed by atoms with Gasteiger partial charge in [-0.25, -0.2) is 4.98 Å². The van der Waals surface area contributed by atoms with Crippen LogP contribution in [0.2, 0.25) is 0 Å². The van der Waals surface area contributed by atoms with E-state index in [9.17, 15) is 0 Å². The Morgan fingerprint density at radius 3 is 2.88 bits per heavy atom. The number of pyridine rings is 1. The first-order chi connectivity index (χ1) is 7.77. The van der Waals surface area contributed by atoms with Crippen molar-refractivity contribution in [1.82, 2.24) is 4.98 Å². The van der Waals surface area contributed by atoms with Gasteiger partial charge >= 0.3 is 0 Å². The van der Waals surface area contributed by atoms with Crippen LogP contribution < -0.4 is 11.1 Å². The molecule has 16 heavy (non-hydrogen) atoms. The van der Waals surface area contributed by atoms with Gasteiger partial charge in [-0.2, -0.15) is 0 Å². The van der Waals surface area contributed by atoms with Crippen molar-refractivity contribution in [2.24, 2.45) is 5.73 Å². The summed E-state index contributed by atoms with van der Waals surface area (Å²) in [6.45, 7) is 6.30.